The zero-order valence-corrected chi connectivity index (χ0v) is 51.9. The molecule has 7 rings (SSSR count). The first-order chi connectivity index (χ1) is 42.8. The van der Waals surface area contributed by atoms with Gasteiger partial charge in [0.15, 0.2) is 47.7 Å². The van der Waals surface area contributed by atoms with Crippen LogP contribution in [0.1, 0.15) is 104 Å². The van der Waals surface area contributed by atoms with Gasteiger partial charge in [-0.1, -0.05) is 81.3 Å². The zero-order valence-electron chi connectivity index (χ0n) is 50.1. The molecule has 2 aromatic heterocycles. The van der Waals surface area contributed by atoms with Gasteiger partial charge in [0.25, 0.3) is 5.91 Å². The van der Waals surface area contributed by atoms with Gasteiger partial charge in [-0.15, -0.1) is 0 Å². The van der Waals surface area contributed by atoms with Gasteiger partial charge in [-0.05, 0) is 90.8 Å². The van der Waals surface area contributed by atoms with Crippen LogP contribution in [0.4, 0.5) is 38.0 Å². The average molecular weight is 1330 g/mol. The Hall–Kier alpha value is -7.38. The summed E-state index contributed by atoms with van der Waals surface area (Å²) in [6.45, 7) is 10.3. The number of hydrogen-bond acceptors (Lipinski definition) is 22. The van der Waals surface area contributed by atoms with Crippen LogP contribution in [0, 0.1) is 17.6 Å². The van der Waals surface area contributed by atoms with E-state index in [9.17, 15) is 56.9 Å². The summed E-state index contributed by atoms with van der Waals surface area (Å²) in [4.78, 5) is 81.7. The van der Waals surface area contributed by atoms with Crippen LogP contribution in [0.25, 0.3) is 0 Å². The van der Waals surface area contributed by atoms with Crippen molar-refractivity contribution in [3.63, 3.8) is 0 Å². The second-order valence-electron chi connectivity index (χ2n) is 20.9. The number of nitrogens with one attached hydrogen (secondary N) is 2. The number of alkyl halides is 4. The molecule has 0 radical (unpaired) electrons. The SMILES string of the molecule is CC(C)OC(=O)[C@H](C)OP(=O)(OC[C@H]1O[C@@H](n2cc(F)c(NC(=O)c3ccccc3)nc2=O)C(F)(F)[C@@H]1O)Oc1ccccc1.CCCC(CCC)C(=O)Nc1nc(=O)n([C@@H]2O[C@H](COP(=O)(Oc3ccccc3)O[C@@H](C)C(=O)OC(C)C)[C@@H](O)C2(F)F)cc1F. The molecular weight excluding hydrogens is 1260 g/mol. The predicted molar refractivity (Wildman–Crippen MR) is 308 cm³/mol. The fourth-order valence-corrected chi connectivity index (χ4v) is 11.2. The number of benzene rings is 3. The van der Waals surface area contributed by atoms with Crippen LogP contribution in [0.2, 0.25) is 0 Å². The Kier molecular flexibility index (Phi) is 25.4. The Bertz CT molecular complexity index is 3500. The number of phosphoric ester groups is 2. The number of aliphatic hydroxyl groups excluding tert-OH is 2. The molecule has 2 aliphatic rings. The van der Waals surface area contributed by atoms with Gasteiger partial charge in [0.1, 0.15) is 23.7 Å². The Morgan fingerprint density at radius 1 is 0.604 bits per heavy atom. The summed E-state index contributed by atoms with van der Waals surface area (Å²) in [5.41, 5.74) is -2.74. The number of carbonyl (C=O) groups excluding carboxylic acids is 4. The van der Waals surface area contributed by atoms with Gasteiger partial charge in [0.2, 0.25) is 18.4 Å². The number of carbonyl (C=O) groups is 4. The second-order valence-corrected chi connectivity index (χ2v) is 24.0. The van der Waals surface area contributed by atoms with Crippen LogP contribution < -0.4 is 31.1 Å². The molecule has 0 aliphatic carbocycles. The van der Waals surface area contributed by atoms with Crippen molar-refractivity contribution in [2.24, 2.45) is 5.92 Å². The van der Waals surface area contributed by atoms with Gasteiger partial charge >= 0.3 is 50.8 Å². The maximum atomic E-state index is 15.2. The summed E-state index contributed by atoms with van der Waals surface area (Å²) in [5, 5.41) is 25.1. The third kappa shape index (κ3) is 19.3. The lowest BCUT2D eigenvalue weighted by Gasteiger charge is -2.23. The van der Waals surface area contributed by atoms with Gasteiger partial charge < -0.3 is 48.8 Å². The number of aromatic nitrogens is 4. The Morgan fingerprint density at radius 2 is 0.967 bits per heavy atom. The maximum Gasteiger partial charge on any atom is 0.530 e. The standard InChI is InChI=1S/C29H39F3N3O10P.C28H29F3N3O10P/c1-6-11-19(12-7-2)25(37)33-24-21(30)15-35(28(39)34-24)27-29(31,32)23(36)22(43-27)16-41-46(40,45-20-13-9-8-10-14-20)44-18(5)26(38)42-17(3)4;1-16(2)41-25(37)17(3)43-45(39,44-19-12-8-5-9-13-19)40-15-21-22(35)28(30,31)26(42-21)34-14-20(29)23(33-27(34)38)32-24(36)18-10-6-4-7-11-18/h8-10,13-15,17-19,22-23,27,36H,6-7,11-12,16H2,1-5H3,(H,33,34,37,39);4-14,16-17,21-22,26,35H,15H2,1-3H3,(H,32,33,36,38)/t18-,22+,23+,27+,46?;17-,21+,22+,26+,45?/m00/s1. The highest BCUT2D eigenvalue weighted by atomic mass is 31.2. The van der Waals surface area contributed by atoms with E-state index in [1.165, 1.54) is 74.5 Å². The molecule has 0 spiro atoms. The molecular formula is C57H68F6N6O20P2. The lowest BCUT2D eigenvalue weighted by Crippen LogP contribution is -2.42. The van der Waals surface area contributed by atoms with Gasteiger partial charge in [0.05, 0.1) is 37.8 Å². The van der Waals surface area contributed by atoms with Crippen LogP contribution in [0.15, 0.2) is 113 Å². The topological polar surface area (TPSA) is 329 Å². The molecule has 2 aliphatic heterocycles. The van der Waals surface area contributed by atoms with Gasteiger partial charge in [-0.2, -0.15) is 27.5 Å². The third-order valence-electron chi connectivity index (χ3n) is 12.9. The normalized spacial score (nSPS) is 21.1. The van der Waals surface area contributed by atoms with Crippen LogP contribution in [-0.4, -0.2) is 127 Å². The van der Waals surface area contributed by atoms with E-state index in [0.29, 0.717) is 38.1 Å². The number of esters is 2. The molecule has 0 bridgehead atoms. The van der Waals surface area contributed by atoms with Crippen molar-refractivity contribution in [1.29, 1.82) is 0 Å². The average Bonchev–Trinajstić information content (AvgIpc) is 1.64. The highest BCUT2D eigenvalue weighted by Crippen LogP contribution is 2.54. The lowest BCUT2D eigenvalue weighted by atomic mass is 9.97. The fourth-order valence-electron chi connectivity index (χ4n) is 8.54. The number of aliphatic hydroxyl groups is 2. The van der Waals surface area contributed by atoms with Crippen LogP contribution >= 0.6 is 15.6 Å². The van der Waals surface area contributed by atoms with Crippen LogP contribution in [-0.2, 0) is 60.6 Å². The number of ether oxygens (including phenoxy) is 4. The lowest BCUT2D eigenvalue weighted by molar-refractivity contribution is -0.156. The Balaban J connectivity index is 0.000000289. The number of rotatable bonds is 28. The molecule has 91 heavy (non-hydrogen) atoms. The minimum Gasteiger partial charge on any atom is -0.461 e. The number of hydrogen-bond donors (Lipinski definition) is 4. The van der Waals surface area contributed by atoms with E-state index in [1.54, 1.807) is 58.0 Å². The largest absolute Gasteiger partial charge is 0.530 e. The van der Waals surface area contributed by atoms with Crippen molar-refractivity contribution < 1.29 is 111 Å². The van der Waals surface area contributed by atoms with Crippen molar-refractivity contribution >= 4 is 51.0 Å². The number of halogens is 6. The first-order valence-electron chi connectivity index (χ1n) is 28.2. The molecule has 3 aromatic carbocycles. The summed E-state index contributed by atoms with van der Waals surface area (Å²) in [7, 11) is -9.57. The first kappa shape index (κ1) is 72.7. The molecule has 5 aromatic rings. The number of amides is 2. The Labute approximate surface area is 516 Å². The van der Waals surface area contributed by atoms with Crippen LogP contribution in [0.5, 0.6) is 11.5 Å². The smallest absolute Gasteiger partial charge is 0.461 e. The molecule has 34 heteroatoms. The summed E-state index contributed by atoms with van der Waals surface area (Å²) in [6.07, 6.45) is -15.4. The first-order valence-corrected chi connectivity index (χ1v) is 31.2. The summed E-state index contributed by atoms with van der Waals surface area (Å²) < 4.78 is 170. The monoisotopic (exact) mass is 1330 g/mol. The molecule has 2 fully saturated rings. The predicted octanol–water partition coefficient (Wildman–Crippen LogP) is 9.08. The molecule has 498 valence electrons. The molecule has 2 saturated heterocycles. The quantitative estimate of drug-likeness (QED) is 0.0206. The maximum absolute atomic E-state index is 15.2. The van der Waals surface area contributed by atoms with E-state index in [-0.39, 0.29) is 26.2 Å². The number of phosphoric acid groups is 2. The molecule has 4 N–H and O–H groups in total. The van der Waals surface area contributed by atoms with E-state index < -0.39 is 166 Å². The summed E-state index contributed by atoms with van der Waals surface area (Å²) in [5.74, 6) is -16.4. The minimum absolute atomic E-state index is 0.0256. The molecule has 2 unspecified atom stereocenters. The molecule has 2 amide bonds. The van der Waals surface area contributed by atoms with Crippen molar-refractivity contribution in [3.05, 3.63) is 142 Å². The van der Waals surface area contributed by atoms with Crippen molar-refractivity contribution in [1.82, 2.24) is 19.1 Å². The van der Waals surface area contributed by atoms with Crippen molar-refractivity contribution in [2.45, 2.75) is 154 Å². The van der Waals surface area contributed by atoms with E-state index in [4.69, 9.17) is 46.1 Å². The summed E-state index contributed by atoms with van der Waals surface area (Å²) in [6, 6.07) is 22.4. The zero-order chi connectivity index (χ0) is 67.2. The number of nitrogens with zero attached hydrogens (tertiary/aromatic N) is 4. The van der Waals surface area contributed by atoms with Gasteiger partial charge in [-0.25, -0.2) is 37.1 Å². The second kappa shape index (κ2) is 31.8. The van der Waals surface area contributed by atoms with Crippen LogP contribution in [0.3, 0.4) is 0 Å². The van der Waals surface area contributed by atoms with Crippen molar-refractivity contribution in [3.8, 4) is 11.5 Å². The molecule has 4 heterocycles. The van der Waals surface area contributed by atoms with E-state index in [2.05, 4.69) is 20.6 Å². The Morgan fingerprint density at radius 3 is 1.33 bits per heavy atom. The summed E-state index contributed by atoms with van der Waals surface area (Å²) >= 11 is 0. The minimum atomic E-state index is -4.79. The van der Waals surface area contributed by atoms with Crippen molar-refractivity contribution in [2.75, 3.05) is 23.8 Å². The number of para-hydroxylation sites is 2. The highest BCUT2D eigenvalue weighted by molar-refractivity contribution is 7.49. The van der Waals surface area contributed by atoms with E-state index in [0.717, 1.165) is 0 Å². The van der Waals surface area contributed by atoms with E-state index in [1.807, 2.05) is 13.8 Å². The van der Waals surface area contributed by atoms with Gasteiger partial charge in [0, 0.05) is 11.5 Å². The molecule has 0 saturated carbocycles. The van der Waals surface area contributed by atoms with E-state index >= 15 is 17.6 Å². The fraction of sp³-hybridized carbons (Fsp3) is 0.474. The molecule has 10 atom stereocenters. The molecule has 26 nitrogen and oxygen atoms in total. The third-order valence-corrected chi connectivity index (χ3v) is 15.8. The number of anilines is 2. The van der Waals surface area contributed by atoms with Gasteiger partial charge in [-0.3, -0.25) is 36.8 Å². The highest BCUT2D eigenvalue weighted by Gasteiger charge is 2.62.